The van der Waals surface area contributed by atoms with Gasteiger partial charge in [0.15, 0.2) is 0 Å². The highest BCUT2D eigenvalue weighted by atomic mass is 19.4. The minimum atomic E-state index is -4.45. The summed E-state index contributed by atoms with van der Waals surface area (Å²) in [6, 6.07) is 12.1. The Balaban J connectivity index is 2.25. The Kier molecular flexibility index (Phi) is 3.14. The number of rotatable bonds is 2. The predicted molar refractivity (Wildman–Crippen MR) is 62.4 cm³/mol. The minimum Gasteiger partial charge on any atom is -0.457 e. The Morgan fingerprint density at radius 1 is 0.889 bits per heavy atom. The highest BCUT2D eigenvalue weighted by Crippen LogP contribution is 2.36. The standard InChI is InChI=1S/C13H10F3NO/c14-13(15,16)11-7-6-10(8-12(11)17)18-9-4-2-1-3-5-9/h1-8H,17H2. The van der Waals surface area contributed by atoms with Crippen LogP contribution in [-0.4, -0.2) is 0 Å². The van der Waals surface area contributed by atoms with E-state index in [1.165, 1.54) is 6.07 Å². The zero-order valence-electron chi connectivity index (χ0n) is 9.24. The molecule has 0 saturated carbocycles. The number of hydrogen-bond acceptors (Lipinski definition) is 2. The van der Waals surface area contributed by atoms with E-state index in [0.717, 1.165) is 12.1 Å². The molecule has 5 heteroatoms. The van der Waals surface area contributed by atoms with Crippen molar-refractivity contribution in [2.45, 2.75) is 6.18 Å². The first-order chi connectivity index (χ1) is 8.47. The minimum absolute atomic E-state index is 0.270. The molecule has 0 amide bonds. The van der Waals surface area contributed by atoms with Crippen molar-refractivity contribution in [1.82, 2.24) is 0 Å². The Bertz CT molecular complexity index is 538. The van der Waals surface area contributed by atoms with Crippen LogP contribution in [0.1, 0.15) is 5.56 Å². The summed E-state index contributed by atoms with van der Waals surface area (Å²) < 4.78 is 42.8. The van der Waals surface area contributed by atoms with E-state index in [1.54, 1.807) is 24.3 Å². The van der Waals surface area contributed by atoms with E-state index in [9.17, 15) is 13.2 Å². The molecule has 0 aliphatic heterocycles. The number of anilines is 1. The Hall–Kier alpha value is -2.17. The number of nitrogen functional groups attached to an aromatic ring is 1. The topological polar surface area (TPSA) is 35.2 Å². The molecule has 0 fully saturated rings. The molecule has 0 unspecified atom stereocenters. The van der Waals surface area contributed by atoms with Crippen LogP contribution in [-0.2, 0) is 6.18 Å². The smallest absolute Gasteiger partial charge is 0.418 e. The van der Waals surface area contributed by atoms with Gasteiger partial charge in [-0.3, -0.25) is 0 Å². The molecular weight excluding hydrogens is 243 g/mol. The van der Waals surface area contributed by atoms with E-state index in [-0.39, 0.29) is 11.4 Å². The van der Waals surface area contributed by atoms with E-state index >= 15 is 0 Å². The fourth-order valence-corrected chi connectivity index (χ4v) is 1.49. The predicted octanol–water partition coefficient (Wildman–Crippen LogP) is 4.08. The van der Waals surface area contributed by atoms with Crippen LogP contribution in [0.4, 0.5) is 18.9 Å². The summed E-state index contributed by atoms with van der Waals surface area (Å²) in [6.45, 7) is 0. The van der Waals surface area contributed by atoms with Gasteiger partial charge in [-0.15, -0.1) is 0 Å². The lowest BCUT2D eigenvalue weighted by Gasteiger charge is -2.11. The number of para-hydroxylation sites is 1. The van der Waals surface area contributed by atoms with Crippen LogP contribution < -0.4 is 10.5 Å². The number of benzene rings is 2. The van der Waals surface area contributed by atoms with Gasteiger partial charge in [-0.05, 0) is 24.3 Å². The van der Waals surface area contributed by atoms with Crippen LogP contribution in [0.2, 0.25) is 0 Å². The molecule has 94 valence electrons. The fourth-order valence-electron chi connectivity index (χ4n) is 1.49. The highest BCUT2D eigenvalue weighted by molar-refractivity contribution is 5.53. The van der Waals surface area contributed by atoms with Crippen molar-refractivity contribution in [2.24, 2.45) is 0 Å². The monoisotopic (exact) mass is 253 g/mol. The van der Waals surface area contributed by atoms with Crippen LogP contribution in [0.3, 0.4) is 0 Å². The van der Waals surface area contributed by atoms with E-state index in [0.29, 0.717) is 5.75 Å². The van der Waals surface area contributed by atoms with Crippen molar-refractivity contribution in [3.8, 4) is 11.5 Å². The Morgan fingerprint density at radius 2 is 1.56 bits per heavy atom. The number of nitrogens with two attached hydrogens (primary N) is 1. The van der Waals surface area contributed by atoms with Gasteiger partial charge in [0.2, 0.25) is 0 Å². The van der Waals surface area contributed by atoms with Crippen molar-refractivity contribution in [1.29, 1.82) is 0 Å². The summed E-state index contributed by atoms with van der Waals surface area (Å²) in [7, 11) is 0. The largest absolute Gasteiger partial charge is 0.457 e. The first-order valence-electron chi connectivity index (χ1n) is 5.16. The molecule has 2 aromatic carbocycles. The average molecular weight is 253 g/mol. The molecule has 0 atom stereocenters. The molecule has 0 spiro atoms. The average Bonchev–Trinajstić information content (AvgIpc) is 2.28. The lowest BCUT2D eigenvalue weighted by Crippen LogP contribution is -2.08. The van der Waals surface area contributed by atoms with Crippen LogP contribution >= 0.6 is 0 Å². The summed E-state index contributed by atoms with van der Waals surface area (Å²) in [5.41, 5.74) is 4.15. The van der Waals surface area contributed by atoms with Gasteiger partial charge in [0.25, 0.3) is 0 Å². The van der Waals surface area contributed by atoms with Gasteiger partial charge in [0.05, 0.1) is 5.56 Å². The number of ether oxygens (including phenoxy) is 1. The number of alkyl halides is 3. The summed E-state index contributed by atoms with van der Waals surface area (Å²) in [5, 5.41) is 0. The number of hydrogen-bond donors (Lipinski definition) is 1. The maximum absolute atomic E-state index is 12.5. The van der Waals surface area contributed by atoms with E-state index in [1.807, 2.05) is 6.07 Å². The summed E-state index contributed by atoms with van der Waals surface area (Å²) >= 11 is 0. The van der Waals surface area contributed by atoms with Crippen LogP contribution in [0.15, 0.2) is 48.5 Å². The maximum Gasteiger partial charge on any atom is 0.418 e. The Labute approximate surface area is 102 Å². The maximum atomic E-state index is 12.5. The van der Waals surface area contributed by atoms with Crippen LogP contribution in [0.5, 0.6) is 11.5 Å². The molecule has 0 bridgehead atoms. The molecule has 0 aliphatic carbocycles. The molecule has 2 N–H and O–H groups in total. The van der Waals surface area contributed by atoms with Crippen LogP contribution in [0, 0.1) is 0 Å². The normalized spacial score (nSPS) is 11.3. The van der Waals surface area contributed by atoms with Crippen molar-refractivity contribution < 1.29 is 17.9 Å². The van der Waals surface area contributed by atoms with Crippen LogP contribution in [0.25, 0.3) is 0 Å². The SMILES string of the molecule is Nc1cc(Oc2ccccc2)ccc1C(F)(F)F. The Morgan fingerprint density at radius 3 is 2.11 bits per heavy atom. The quantitative estimate of drug-likeness (QED) is 0.818. The summed E-state index contributed by atoms with van der Waals surface area (Å²) in [4.78, 5) is 0. The third kappa shape index (κ3) is 2.74. The second-order valence-corrected chi connectivity index (χ2v) is 3.66. The van der Waals surface area contributed by atoms with Gasteiger partial charge in [-0.25, -0.2) is 0 Å². The second-order valence-electron chi connectivity index (χ2n) is 3.66. The van der Waals surface area contributed by atoms with Gasteiger partial charge in [-0.2, -0.15) is 13.2 Å². The van der Waals surface area contributed by atoms with Gasteiger partial charge < -0.3 is 10.5 Å². The van der Waals surface area contributed by atoms with Crippen molar-refractivity contribution in [2.75, 3.05) is 5.73 Å². The van der Waals surface area contributed by atoms with Crippen molar-refractivity contribution in [3.63, 3.8) is 0 Å². The molecule has 0 saturated heterocycles. The van der Waals surface area contributed by atoms with E-state index < -0.39 is 11.7 Å². The fraction of sp³-hybridized carbons (Fsp3) is 0.0769. The van der Waals surface area contributed by atoms with Crippen molar-refractivity contribution in [3.05, 3.63) is 54.1 Å². The molecule has 0 aromatic heterocycles. The molecule has 2 rings (SSSR count). The summed E-state index contributed by atoms with van der Waals surface area (Å²) in [5.74, 6) is 0.809. The lowest BCUT2D eigenvalue weighted by atomic mass is 10.1. The number of halogens is 3. The van der Waals surface area contributed by atoms with Crippen molar-refractivity contribution >= 4 is 5.69 Å². The van der Waals surface area contributed by atoms with Gasteiger partial charge >= 0.3 is 6.18 Å². The lowest BCUT2D eigenvalue weighted by molar-refractivity contribution is -0.136. The third-order valence-corrected chi connectivity index (χ3v) is 2.31. The molecule has 2 nitrogen and oxygen atoms in total. The van der Waals surface area contributed by atoms with Gasteiger partial charge in [0.1, 0.15) is 11.5 Å². The first-order valence-corrected chi connectivity index (χ1v) is 5.16. The van der Waals surface area contributed by atoms with E-state index in [2.05, 4.69) is 0 Å². The second kappa shape index (κ2) is 4.60. The van der Waals surface area contributed by atoms with Gasteiger partial charge in [-0.1, -0.05) is 18.2 Å². The molecular formula is C13H10F3NO. The molecule has 0 radical (unpaired) electrons. The molecule has 2 aromatic rings. The zero-order valence-corrected chi connectivity index (χ0v) is 9.24. The molecule has 0 aliphatic rings. The van der Waals surface area contributed by atoms with Gasteiger partial charge in [0, 0.05) is 11.8 Å². The molecule has 0 heterocycles. The van der Waals surface area contributed by atoms with E-state index in [4.69, 9.17) is 10.5 Å². The molecule has 18 heavy (non-hydrogen) atoms. The highest BCUT2D eigenvalue weighted by Gasteiger charge is 2.32. The zero-order chi connectivity index (χ0) is 13.2. The summed E-state index contributed by atoms with van der Waals surface area (Å²) in [6.07, 6.45) is -4.45. The third-order valence-electron chi connectivity index (χ3n) is 2.31. The first kappa shape index (κ1) is 12.3.